The molecule has 1 heterocycles. The average molecular weight is 291 g/mol. The van der Waals surface area contributed by atoms with Crippen molar-refractivity contribution in [3.63, 3.8) is 0 Å². The van der Waals surface area contributed by atoms with Crippen molar-refractivity contribution in [2.75, 3.05) is 18.5 Å². The Kier molecular flexibility index (Phi) is 3.23. The molecular weight excluding hydrogens is 273 g/mol. The van der Waals surface area contributed by atoms with Crippen LogP contribution < -0.4 is 5.32 Å². The van der Waals surface area contributed by atoms with Gasteiger partial charge in [-0.25, -0.2) is 4.39 Å². The van der Waals surface area contributed by atoms with E-state index >= 15 is 0 Å². The molecule has 1 atom stereocenters. The number of benzene rings is 1. The Labute approximate surface area is 122 Å². The zero-order valence-corrected chi connectivity index (χ0v) is 12.2. The Balaban J connectivity index is 2.09. The van der Waals surface area contributed by atoms with E-state index in [2.05, 4.69) is 5.32 Å². The van der Waals surface area contributed by atoms with Gasteiger partial charge in [-0.3, -0.25) is 9.59 Å². The van der Waals surface area contributed by atoms with E-state index in [1.165, 1.54) is 12.1 Å². The van der Waals surface area contributed by atoms with E-state index in [0.717, 1.165) is 12.8 Å². The number of ketones is 1. The van der Waals surface area contributed by atoms with Crippen molar-refractivity contribution in [3.8, 4) is 0 Å². The lowest BCUT2D eigenvalue weighted by Gasteiger charge is -2.36. The summed E-state index contributed by atoms with van der Waals surface area (Å²) >= 11 is 0. The second-order valence-corrected chi connectivity index (χ2v) is 5.79. The summed E-state index contributed by atoms with van der Waals surface area (Å²) in [6.07, 6.45) is 1.66. The Bertz CT molecular complexity index is 624. The predicted octanol–water partition coefficient (Wildman–Crippen LogP) is 2.70. The summed E-state index contributed by atoms with van der Waals surface area (Å²) in [5.41, 5.74) is 0.371. The molecule has 1 aromatic rings. The number of hydrogen-bond acceptors (Lipinski definition) is 4. The Hall–Kier alpha value is -1.91. The molecule has 3 rings (SSSR count). The highest BCUT2D eigenvalue weighted by molar-refractivity contribution is 6.17. The Morgan fingerprint density at radius 2 is 2.19 bits per heavy atom. The molecule has 1 saturated carbocycles. The third-order valence-electron chi connectivity index (χ3n) is 4.41. The van der Waals surface area contributed by atoms with Gasteiger partial charge in [0.1, 0.15) is 5.82 Å². The molecule has 1 fully saturated rings. The summed E-state index contributed by atoms with van der Waals surface area (Å²) < 4.78 is 18.8. The van der Waals surface area contributed by atoms with Crippen molar-refractivity contribution in [1.82, 2.24) is 0 Å². The van der Waals surface area contributed by atoms with Gasteiger partial charge < -0.3 is 10.1 Å². The lowest BCUT2D eigenvalue weighted by molar-refractivity contribution is -0.152. The number of Topliss-reactive ketones (excluding diaryl/α,β-unsaturated/α-hetero) is 1. The van der Waals surface area contributed by atoms with Gasteiger partial charge in [0.05, 0.1) is 6.61 Å². The molecule has 1 aliphatic carbocycles. The molecule has 0 bridgehead atoms. The summed E-state index contributed by atoms with van der Waals surface area (Å²) in [6, 6.07) is 2.60. The third-order valence-corrected chi connectivity index (χ3v) is 4.41. The SMILES string of the molecule is CCOC(=O)C1(C2CC2)CNc2c(C)cc(F)cc2C1=O. The first-order valence-electron chi connectivity index (χ1n) is 7.26. The van der Waals surface area contributed by atoms with Gasteiger partial charge in [0.2, 0.25) is 0 Å². The minimum atomic E-state index is -1.19. The number of anilines is 1. The molecule has 2 aliphatic rings. The molecule has 1 aromatic carbocycles. The van der Waals surface area contributed by atoms with Crippen LogP contribution in [0.25, 0.3) is 0 Å². The van der Waals surface area contributed by atoms with Crippen LogP contribution in [0.4, 0.5) is 10.1 Å². The zero-order valence-electron chi connectivity index (χ0n) is 12.2. The Morgan fingerprint density at radius 3 is 2.81 bits per heavy atom. The predicted molar refractivity (Wildman–Crippen MR) is 75.7 cm³/mol. The maximum Gasteiger partial charge on any atom is 0.322 e. The lowest BCUT2D eigenvalue weighted by atomic mass is 9.72. The largest absolute Gasteiger partial charge is 0.465 e. The quantitative estimate of drug-likeness (QED) is 0.687. The van der Waals surface area contributed by atoms with E-state index in [9.17, 15) is 14.0 Å². The smallest absolute Gasteiger partial charge is 0.322 e. The number of nitrogens with one attached hydrogen (secondary N) is 1. The average Bonchev–Trinajstić information content (AvgIpc) is 3.25. The Morgan fingerprint density at radius 1 is 1.48 bits per heavy atom. The fourth-order valence-corrected chi connectivity index (χ4v) is 3.20. The monoisotopic (exact) mass is 291 g/mol. The molecule has 112 valence electrons. The molecule has 0 saturated heterocycles. The first-order chi connectivity index (χ1) is 10.0. The second kappa shape index (κ2) is 4.83. The van der Waals surface area contributed by atoms with Crippen LogP contribution in [0, 0.1) is 24.1 Å². The van der Waals surface area contributed by atoms with Crippen molar-refractivity contribution in [3.05, 3.63) is 29.1 Å². The van der Waals surface area contributed by atoms with Crippen LogP contribution in [0.15, 0.2) is 12.1 Å². The molecule has 0 amide bonds. The third kappa shape index (κ3) is 2.03. The van der Waals surface area contributed by atoms with Crippen molar-refractivity contribution >= 4 is 17.4 Å². The number of halogens is 1. The summed E-state index contributed by atoms with van der Waals surface area (Å²) in [6.45, 7) is 3.93. The van der Waals surface area contributed by atoms with Gasteiger partial charge in [-0.15, -0.1) is 0 Å². The second-order valence-electron chi connectivity index (χ2n) is 5.79. The van der Waals surface area contributed by atoms with Gasteiger partial charge in [-0.05, 0) is 50.3 Å². The molecule has 5 heteroatoms. The highest BCUT2D eigenvalue weighted by atomic mass is 19.1. The molecule has 0 aromatic heterocycles. The van der Waals surface area contributed by atoms with Crippen LogP contribution in [0.5, 0.6) is 0 Å². The van der Waals surface area contributed by atoms with E-state index in [0.29, 0.717) is 11.3 Å². The number of rotatable bonds is 3. The van der Waals surface area contributed by atoms with Gasteiger partial charge in [0, 0.05) is 17.8 Å². The lowest BCUT2D eigenvalue weighted by Crippen LogP contribution is -2.51. The fourth-order valence-electron chi connectivity index (χ4n) is 3.20. The van der Waals surface area contributed by atoms with Crippen molar-refractivity contribution < 1.29 is 18.7 Å². The van der Waals surface area contributed by atoms with Crippen LogP contribution >= 0.6 is 0 Å². The summed E-state index contributed by atoms with van der Waals surface area (Å²) in [4.78, 5) is 25.3. The molecule has 4 nitrogen and oxygen atoms in total. The van der Waals surface area contributed by atoms with E-state index in [-0.39, 0.29) is 30.4 Å². The fraction of sp³-hybridized carbons (Fsp3) is 0.500. The number of aryl methyl sites for hydroxylation is 1. The number of fused-ring (bicyclic) bond motifs is 1. The van der Waals surface area contributed by atoms with Crippen molar-refractivity contribution in [1.29, 1.82) is 0 Å². The van der Waals surface area contributed by atoms with Gasteiger partial charge in [-0.1, -0.05) is 0 Å². The van der Waals surface area contributed by atoms with Crippen LogP contribution in [-0.4, -0.2) is 24.9 Å². The van der Waals surface area contributed by atoms with E-state index in [1.807, 2.05) is 0 Å². The molecule has 1 aliphatic heterocycles. The van der Waals surface area contributed by atoms with Crippen LogP contribution in [0.2, 0.25) is 0 Å². The van der Waals surface area contributed by atoms with Crippen molar-refractivity contribution in [2.45, 2.75) is 26.7 Å². The maximum atomic E-state index is 13.7. The topological polar surface area (TPSA) is 55.4 Å². The first kappa shape index (κ1) is 14.0. The van der Waals surface area contributed by atoms with Crippen LogP contribution in [0.3, 0.4) is 0 Å². The minimum Gasteiger partial charge on any atom is -0.465 e. The van der Waals surface area contributed by atoms with E-state index in [4.69, 9.17) is 4.74 Å². The number of hydrogen-bond donors (Lipinski definition) is 1. The highest BCUT2D eigenvalue weighted by Crippen LogP contribution is 2.51. The summed E-state index contributed by atoms with van der Waals surface area (Å²) in [7, 11) is 0. The molecular formula is C16H18FNO3. The number of carbonyl (C=O) groups excluding carboxylic acids is 2. The molecule has 1 N–H and O–H groups in total. The zero-order chi connectivity index (χ0) is 15.2. The number of ether oxygens (including phenoxy) is 1. The molecule has 21 heavy (non-hydrogen) atoms. The number of esters is 1. The normalized spacial score (nSPS) is 24.2. The van der Waals surface area contributed by atoms with Crippen LogP contribution in [0.1, 0.15) is 35.7 Å². The summed E-state index contributed by atoms with van der Waals surface area (Å²) in [5, 5.41) is 3.15. The standard InChI is InChI=1S/C16H18FNO3/c1-3-21-15(20)16(10-4-5-10)8-18-13-9(2)6-11(17)7-12(13)14(16)19/h6-7,10,18H,3-5,8H2,1-2H3. The van der Waals surface area contributed by atoms with Crippen molar-refractivity contribution in [2.24, 2.45) is 11.3 Å². The van der Waals surface area contributed by atoms with Gasteiger partial charge in [0.25, 0.3) is 0 Å². The first-order valence-corrected chi connectivity index (χ1v) is 7.26. The molecule has 1 unspecified atom stereocenters. The molecule has 0 spiro atoms. The minimum absolute atomic E-state index is 0.00623. The van der Waals surface area contributed by atoms with E-state index in [1.54, 1.807) is 13.8 Å². The van der Waals surface area contributed by atoms with E-state index < -0.39 is 17.2 Å². The number of carbonyl (C=O) groups is 2. The van der Waals surface area contributed by atoms with Gasteiger partial charge in [0.15, 0.2) is 11.2 Å². The molecule has 0 radical (unpaired) electrons. The van der Waals surface area contributed by atoms with Crippen LogP contribution in [-0.2, 0) is 9.53 Å². The van der Waals surface area contributed by atoms with Gasteiger partial charge >= 0.3 is 5.97 Å². The van der Waals surface area contributed by atoms with Gasteiger partial charge in [-0.2, -0.15) is 0 Å². The highest BCUT2D eigenvalue weighted by Gasteiger charge is 2.59. The summed E-state index contributed by atoms with van der Waals surface area (Å²) in [5.74, 6) is -1.26. The maximum absolute atomic E-state index is 13.7.